The molecule has 3 heterocycles. The monoisotopic (exact) mass is 676 g/mol. The Hall–Kier alpha value is -6.52. The van der Waals surface area contributed by atoms with E-state index in [1.54, 1.807) is 0 Å². The molecule has 4 heteroatoms. The van der Waals surface area contributed by atoms with Crippen molar-refractivity contribution in [2.45, 2.75) is 19.3 Å². The Balaban J connectivity index is 1.10. The van der Waals surface area contributed by atoms with Gasteiger partial charge in [0.15, 0.2) is 12.9 Å². The minimum absolute atomic E-state index is 0.240. The first-order valence-corrected chi connectivity index (χ1v) is 18.4. The summed E-state index contributed by atoms with van der Waals surface area (Å²) in [4.78, 5) is 0. The predicted octanol–water partition coefficient (Wildman–Crippen LogP) is 11.7. The summed E-state index contributed by atoms with van der Waals surface area (Å²) in [6.45, 7) is 2.23. The van der Waals surface area contributed by atoms with E-state index in [0.29, 0.717) is 0 Å². The Morgan fingerprint density at radius 1 is 0.566 bits per heavy atom. The minimum atomic E-state index is 0.240. The molecule has 12 rings (SSSR count). The van der Waals surface area contributed by atoms with E-state index < -0.39 is 0 Å². The lowest BCUT2D eigenvalue weighted by atomic mass is 9.50. The number of hydrogen-bond acceptors (Lipinski definition) is 3. The number of benzene rings is 8. The van der Waals surface area contributed by atoms with E-state index in [0.717, 1.165) is 67.2 Å². The van der Waals surface area contributed by atoms with E-state index in [9.17, 15) is 0 Å². The normalized spacial score (nSPS) is 14.4. The molecule has 2 aliphatic rings. The van der Waals surface area contributed by atoms with E-state index in [1.807, 2.05) is 18.2 Å². The summed E-state index contributed by atoms with van der Waals surface area (Å²) in [6, 6.07) is 52.5. The third-order valence-corrected chi connectivity index (χ3v) is 11.7. The van der Waals surface area contributed by atoms with Crippen molar-refractivity contribution < 1.29 is 8.83 Å². The largest absolute Gasteiger partial charge is 0.455 e. The topological polar surface area (TPSA) is 38.3 Å². The predicted molar refractivity (Wildman–Crippen MR) is 221 cm³/mol. The molecule has 1 aliphatic heterocycles. The van der Waals surface area contributed by atoms with E-state index in [1.165, 1.54) is 60.6 Å². The van der Waals surface area contributed by atoms with Crippen LogP contribution >= 0.6 is 0 Å². The Morgan fingerprint density at radius 3 is 2.13 bits per heavy atom. The summed E-state index contributed by atoms with van der Waals surface area (Å²) < 4.78 is 13.3. The Labute approximate surface area is 306 Å². The highest BCUT2D eigenvalue weighted by Crippen LogP contribution is 2.48. The highest BCUT2D eigenvalue weighted by molar-refractivity contribution is 6.71. The molecule has 247 valence electrons. The summed E-state index contributed by atoms with van der Waals surface area (Å²) in [7, 11) is 2.43. The molecule has 0 spiro atoms. The molecule has 0 bridgehead atoms. The molecule has 10 aromatic rings. The van der Waals surface area contributed by atoms with Gasteiger partial charge in [-0.15, -0.1) is 0 Å². The molecule has 3 nitrogen and oxygen atoms in total. The van der Waals surface area contributed by atoms with Crippen molar-refractivity contribution in [3.05, 3.63) is 168 Å². The molecule has 1 radical (unpaired) electrons. The maximum Gasteiger partial charge on any atom is 0.193 e. The van der Waals surface area contributed by atoms with Gasteiger partial charge < -0.3 is 14.2 Å². The van der Waals surface area contributed by atoms with E-state index in [2.05, 4.69) is 147 Å². The number of rotatable bonds is 3. The van der Waals surface area contributed by atoms with Crippen LogP contribution in [0.4, 0.5) is 11.4 Å². The number of para-hydroxylation sites is 3. The fourth-order valence-corrected chi connectivity index (χ4v) is 9.50. The van der Waals surface area contributed by atoms with Gasteiger partial charge in [-0.25, -0.2) is 0 Å². The summed E-state index contributed by atoms with van der Waals surface area (Å²) in [5.74, 6) is 0.240. The van der Waals surface area contributed by atoms with Crippen molar-refractivity contribution in [3.63, 3.8) is 0 Å². The lowest BCUT2D eigenvalue weighted by Gasteiger charge is -2.37. The minimum Gasteiger partial charge on any atom is -0.455 e. The van der Waals surface area contributed by atoms with Gasteiger partial charge in [-0.3, -0.25) is 0 Å². The number of hydrogen-bond donors (Lipinski definition) is 1. The van der Waals surface area contributed by atoms with Gasteiger partial charge in [-0.05, 0) is 87.8 Å². The van der Waals surface area contributed by atoms with Crippen molar-refractivity contribution >= 4 is 84.2 Å². The molecule has 1 unspecified atom stereocenters. The molecule has 1 atom stereocenters. The molecule has 0 amide bonds. The van der Waals surface area contributed by atoms with Gasteiger partial charge in [0.2, 0.25) is 0 Å². The lowest BCUT2D eigenvalue weighted by molar-refractivity contribution is 0.669. The van der Waals surface area contributed by atoms with Gasteiger partial charge in [0, 0.05) is 33.0 Å². The van der Waals surface area contributed by atoms with Crippen molar-refractivity contribution in [1.29, 1.82) is 0 Å². The van der Waals surface area contributed by atoms with Crippen molar-refractivity contribution in [3.8, 4) is 22.3 Å². The summed E-state index contributed by atoms with van der Waals surface area (Å²) in [5, 5.41) is 10.9. The van der Waals surface area contributed by atoms with Crippen LogP contribution in [0.1, 0.15) is 28.2 Å². The number of fused-ring (bicyclic) bond motifs is 12. The van der Waals surface area contributed by atoms with Gasteiger partial charge in [0.1, 0.15) is 16.7 Å². The van der Waals surface area contributed by atoms with Crippen LogP contribution in [0.5, 0.6) is 0 Å². The summed E-state index contributed by atoms with van der Waals surface area (Å²) >= 11 is 0. The number of anilines is 2. The van der Waals surface area contributed by atoms with Gasteiger partial charge in [0.25, 0.3) is 0 Å². The van der Waals surface area contributed by atoms with Gasteiger partial charge in [-0.2, -0.15) is 0 Å². The average Bonchev–Trinajstić information content (AvgIpc) is 3.77. The van der Waals surface area contributed by atoms with Crippen LogP contribution in [-0.4, -0.2) is 7.28 Å². The van der Waals surface area contributed by atoms with E-state index >= 15 is 0 Å². The highest BCUT2D eigenvalue weighted by Gasteiger charge is 2.36. The molecule has 8 aromatic carbocycles. The second kappa shape index (κ2) is 10.8. The smallest absolute Gasteiger partial charge is 0.193 e. The SMILES string of the molecule is Cc1cc(-c2c(Nc3cccc4c3oc3ccccc34)ccc3c2oc2ccccc23)c2c(c1)C1Cc3ccc4ccccc4c3-c3cccc(c31)[B]2. The zero-order chi connectivity index (χ0) is 34.8. The molecule has 2 aromatic heterocycles. The number of nitrogens with one attached hydrogen (secondary N) is 1. The number of aryl methyl sites for hydroxylation is 1. The Kier molecular flexibility index (Phi) is 5.91. The zero-order valence-electron chi connectivity index (χ0n) is 29.0. The third-order valence-electron chi connectivity index (χ3n) is 11.7. The second-order valence-corrected chi connectivity index (χ2v) is 14.7. The molecule has 1 N–H and O–H groups in total. The first kappa shape index (κ1) is 29.1. The molecule has 1 aliphatic carbocycles. The van der Waals surface area contributed by atoms with Crippen LogP contribution in [0.2, 0.25) is 0 Å². The van der Waals surface area contributed by atoms with Gasteiger partial charge in [0.05, 0.1) is 11.4 Å². The zero-order valence-corrected chi connectivity index (χ0v) is 29.0. The third kappa shape index (κ3) is 4.12. The first-order chi connectivity index (χ1) is 26.2. The average molecular weight is 677 g/mol. The van der Waals surface area contributed by atoms with Crippen molar-refractivity contribution in [2.24, 2.45) is 0 Å². The first-order valence-electron chi connectivity index (χ1n) is 18.4. The molecular weight excluding hydrogens is 645 g/mol. The maximum absolute atomic E-state index is 6.85. The lowest BCUT2D eigenvalue weighted by Crippen LogP contribution is -2.42. The fourth-order valence-electron chi connectivity index (χ4n) is 9.50. The van der Waals surface area contributed by atoms with Gasteiger partial charge in [-0.1, -0.05) is 132 Å². The van der Waals surface area contributed by atoms with Crippen LogP contribution in [0.3, 0.4) is 0 Å². The van der Waals surface area contributed by atoms with Crippen LogP contribution in [0.15, 0.2) is 154 Å². The quantitative estimate of drug-likeness (QED) is 0.189. The fraction of sp³-hybridized carbons (Fsp3) is 0.0612. The van der Waals surface area contributed by atoms with Crippen LogP contribution < -0.4 is 16.2 Å². The van der Waals surface area contributed by atoms with Crippen LogP contribution in [0, 0.1) is 6.92 Å². The van der Waals surface area contributed by atoms with Crippen LogP contribution in [-0.2, 0) is 6.42 Å². The summed E-state index contributed by atoms with van der Waals surface area (Å²) in [5.41, 5.74) is 18.4. The molecular formula is C49H31BNO2. The van der Waals surface area contributed by atoms with Gasteiger partial charge >= 0.3 is 0 Å². The van der Waals surface area contributed by atoms with E-state index in [4.69, 9.17) is 8.83 Å². The Bertz CT molecular complexity index is 3180. The molecule has 0 saturated carbocycles. The van der Waals surface area contributed by atoms with Crippen molar-refractivity contribution in [1.82, 2.24) is 0 Å². The molecule has 0 saturated heterocycles. The second-order valence-electron chi connectivity index (χ2n) is 14.7. The standard InChI is InChI=1S/C49H31BNO2/c1-27-24-37-36-26-29-21-20-28-10-2-3-11-30(28)44(29)35-15-8-16-39(45(35)36)50-47(37)38(25-27)46-40(23-22-34-32-13-5-7-19-43(32)53-49(34)46)51-41-17-9-14-33-31-12-4-6-18-42(31)52-48(33)41/h2-25,36,51H,26H2,1H3. The van der Waals surface area contributed by atoms with E-state index in [-0.39, 0.29) is 5.92 Å². The Morgan fingerprint density at radius 2 is 1.28 bits per heavy atom. The highest BCUT2D eigenvalue weighted by atomic mass is 16.3. The summed E-state index contributed by atoms with van der Waals surface area (Å²) in [6.07, 6.45) is 0.960. The molecule has 53 heavy (non-hydrogen) atoms. The maximum atomic E-state index is 6.85. The number of furan rings is 2. The molecule has 0 fully saturated rings. The van der Waals surface area contributed by atoms with Crippen LogP contribution in [0.25, 0.3) is 76.9 Å². The van der Waals surface area contributed by atoms with Crippen molar-refractivity contribution in [2.75, 3.05) is 5.32 Å².